The molecule has 0 radical (unpaired) electrons. The number of aliphatic hydroxyl groups excluding tert-OH is 1. The Morgan fingerprint density at radius 3 is 2.67 bits per heavy atom. The van der Waals surface area contributed by atoms with Gasteiger partial charge in [0.2, 0.25) is 0 Å². The van der Waals surface area contributed by atoms with Crippen molar-refractivity contribution in [1.29, 1.82) is 0 Å². The minimum absolute atomic E-state index is 0.00749. The van der Waals surface area contributed by atoms with Crippen molar-refractivity contribution in [3.8, 4) is 5.75 Å². The van der Waals surface area contributed by atoms with Crippen LogP contribution in [0.15, 0.2) is 48.8 Å². The van der Waals surface area contributed by atoms with Crippen molar-refractivity contribution in [2.75, 3.05) is 20.2 Å². The molecule has 2 atom stereocenters. The summed E-state index contributed by atoms with van der Waals surface area (Å²) in [5.41, 5.74) is 1.75. The van der Waals surface area contributed by atoms with Crippen LogP contribution in [0.3, 0.4) is 0 Å². The number of hydrogen-bond donors (Lipinski definition) is 1. The van der Waals surface area contributed by atoms with Gasteiger partial charge < -0.3 is 9.84 Å². The Balaban J connectivity index is 1.85. The third-order valence-electron chi connectivity index (χ3n) is 4.03. The lowest BCUT2D eigenvalue weighted by atomic mass is 10.1. The van der Waals surface area contributed by atoms with Crippen molar-refractivity contribution in [3.05, 3.63) is 59.9 Å². The Morgan fingerprint density at radius 1 is 1.29 bits per heavy atom. The summed E-state index contributed by atoms with van der Waals surface area (Å²) >= 11 is 0. The Kier molecular flexibility index (Phi) is 6.46. The molecule has 0 aliphatic heterocycles. The monoisotopic (exact) mass is 328 g/mol. The molecule has 1 aromatic heterocycles. The third-order valence-corrected chi connectivity index (χ3v) is 4.03. The van der Waals surface area contributed by atoms with Crippen molar-refractivity contribution in [3.63, 3.8) is 0 Å². The van der Waals surface area contributed by atoms with Crippen LogP contribution in [-0.4, -0.2) is 47.1 Å². The highest BCUT2D eigenvalue weighted by molar-refractivity contribution is 5.94. The zero-order valence-corrected chi connectivity index (χ0v) is 14.3. The minimum Gasteiger partial charge on any atom is -0.491 e. The largest absolute Gasteiger partial charge is 0.491 e. The summed E-state index contributed by atoms with van der Waals surface area (Å²) in [5, 5.41) is 10.2. The normalized spacial score (nSPS) is 13.5. The highest BCUT2D eigenvalue weighted by Gasteiger charge is 2.16. The molecule has 1 aromatic carbocycles. The SMILES string of the molecule is CC(=O)c1cccc(OCC(O)CN(C)C(C)c2ccncc2)c1. The fourth-order valence-corrected chi connectivity index (χ4v) is 2.44. The van der Waals surface area contributed by atoms with Gasteiger partial charge in [0.15, 0.2) is 5.78 Å². The first kappa shape index (κ1) is 18.1. The first-order chi connectivity index (χ1) is 11.5. The molecule has 24 heavy (non-hydrogen) atoms. The summed E-state index contributed by atoms with van der Waals surface area (Å²) < 4.78 is 5.61. The van der Waals surface area contributed by atoms with Gasteiger partial charge in [-0.25, -0.2) is 0 Å². The number of pyridine rings is 1. The highest BCUT2D eigenvalue weighted by Crippen LogP contribution is 2.18. The molecule has 128 valence electrons. The van der Waals surface area contributed by atoms with Gasteiger partial charge in [0, 0.05) is 30.5 Å². The van der Waals surface area contributed by atoms with Crippen LogP contribution in [-0.2, 0) is 0 Å². The molecule has 0 amide bonds. The molecule has 0 aliphatic carbocycles. The molecule has 1 heterocycles. The van der Waals surface area contributed by atoms with Gasteiger partial charge in [0.05, 0.1) is 0 Å². The molecule has 5 heteroatoms. The summed E-state index contributed by atoms with van der Waals surface area (Å²) in [7, 11) is 1.96. The van der Waals surface area contributed by atoms with E-state index >= 15 is 0 Å². The Morgan fingerprint density at radius 2 is 2.00 bits per heavy atom. The van der Waals surface area contributed by atoms with Crippen molar-refractivity contribution in [2.24, 2.45) is 0 Å². The number of Topliss-reactive ketones (excluding diaryl/α,β-unsaturated/α-hetero) is 1. The molecule has 2 unspecified atom stereocenters. The number of carbonyl (C=O) groups is 1. The van der Waals surface area contributed by atoms with Crippen LogP contribution in [0.25, 0.3) is 0 Å². The lowest BCUT2D eigenvalue weighted by Gasteiger charge is -2.27. The van der Waals surface area contributed by atoms with E-state index in [4.69, 9.17) is 4.74 Å². The number of benzene rings is 1. The van der Waals surface area contributed by atoms with E-state index in [0.29, 0.717) is 17.9 Å². The van der Waals surface area contributed by atoms with Gasteiger partial charge in [-0.3, -0.25) is 14.7 Å². The summed E-state index contributed by atoms with van der Waals surface area (Å²) in [6.07, 6.45) is 2.91. The molecule has 2 aromatic rings. The highest BCUT2D eigenvalue weighted by atomic mass is 16.5. The van der Waals surface area contributed by atoms with Crippen LogP contribution < -0.4 is 4.74 Å². The zero-order chi connectivity index (χ0) is 17.5. The second-order valence-corrected chi connectivity index (χ2v) is 5.94. The molecular formula is C19H24N2O3. The first-order valence-corrected chi connectivity index (χ1v) is 7.99. The van der Waals surface area contributed by atoms with Gasteiger partial charge >= 0.3 is 0 Å². The second-order valence-electron chi connectivity index (χ2n) is 5.94. The number of rotatable bonds is 8. The average molecular weight is 328 g/mol. The maximum Gasteiger partial charge on any atom is 0.159 e. The van der Waals surface area contributed by atoms with E-state index in [1.54, 1.807) is 36.7 Å². The van der Waals surface area contributed by atoms with Gasteiger partial charge in [-0.05, 0) is 50.7 Å². The van der Waals surface area contributed by atoms with Gasteiger partial charge in [0.25, 0.3) is 0 Å². The molecule has 0 fully saturated rings. The molecule has 0 bridgehead atoms. The number of aromatic nitrogens is 1. The Hall–Kier alpha value is -2.24. The average Bonchev–Trinajstić information content (AvgIpc) is 2.60. The second kappa shape index (κ2) is 8.57. The molecule has 0 saturated carbocycles. The quantitative estimate of drug-likeness (QED) is 0.755. The summed E-state index contributed by atoms with van der Waals surface area (Å²) in [4.78, 5) is 17.5. The van der Waals surface area contributed by atoms with Crippen LogP contribution in [0.5, 0.6) is 5.75 Å². The standard InChI is InChI=1S/C19H24N2O3/c1-14(16-7-9-20-10-8-16)21(3)12-18(23)13-24-19-6-4-5-17(11-19)15(2)22/h4-11,14,18,23H,12-13H2,1-3H3. The fourth-order valence-electron chi connectivity index (χ4n) is 2.44. The van der Waals surface area contributed by atoms with E-state index < -0.39 is 6.10 Å². The maximum atomic E-state index is 11.4. The predicted molar refractivity (Wildman–Crippen MR) is 93.2 cm³/mol. The van der Waals surface area contributed by atoms with Gasteiger partial charge in [-0.15, -0.1) is 0 Å². The summed E-state index contributed by atoms with van der Waals surface area (Å²) in [6, 6.07) is 11.1. The van der Waals surface area contributed by atoms with Crippen LogP contribution in [0.2, 0.25) is 0 Å². The molecule has 0 saturated heterocycles. The molecule has 2 rings (SSSR count). The Bertz CT molecular complexity index is 661. The molecular weight excluding hydrogens is 304 g/mol. The van der Waals surface area contributed by atoms with E-state index in [1.807, 2.05) is 19.2 Å². The maximum absolute atomic E-state index is 11.4. The third kappa shape index (κ3) is 5.15. The zero-order valence-electron chi connectivity index (χ0n) is 14.3. The van der Waals surface area contributed by atoms with Crippen molar-refractivity contribution in [2.45, 2.75) is 26.0 Å². The number of ketones is 1. The van der Waals surface area contributed by atoms with E-state index in [9.17, 15) is 9.90 Å². The van der Waals surface area contributed by atoms with E-state index in [2.05, 4.69) is 16.8 Å². The smallest absolute Gasteiger partial charge is 0.159 e. The van der Waals surface area contributed by atoms with Crippen LogP contribution in [0.4, 0.5) is 0 Å². The van der Waals surface area contributed by atoms with Gasteiger partial charge in [-0.2, -0.15) is 0 Å². The number of aliphatic hydroxyl groups is 1. The van der Waals surface area contributed by atoms with Crippen LogP contribution >= 0.6 is 0 Å². The lowest BCUT2D eigenvalue weighted by Crippen LogP contribution is -2.34. The van der Waals surface area contributed by atoms with E-state index in [1.165, 1.54) is 6.92 Å². The molecule has 0 spiro atoms. The van der Waals surface area contributed by atoms with Crippen molar-refractivity contribution in [1.82, 2.24) is 9.88 Å². The van der Waals surface area contributed by atoms with Crippen LogP contribution in [0.1, 0.15) is 35.8 Å². The van der Waals surface area contributed by atoms with Crippen molar-refractivity contribution < 1.29 is 14.6 Å². The minimum atomic E-state index is -0.625. The summed E-state index contributed by atoms with van der Waals surface area (Å²) in [5.74, 6) is 0.582. The van der Waals surface area contributed by atoms with E-state index in [0.717, 1.165) is 5.56 Å². The fraction of sp³-hybridized carbons (Fsp3) is 0.368. The van der Waals surface area contributed by atoms with Gasteiger partial charge in [0.1, 0.15) is 18.5 Å². The first-order valence-electron chi connectivity index (χ1n) is 7.99. The Labute approximate surface area is 142 Å². The van der Waals surface area contributed by atoms with Gasteiger partial charge in [-0.1, -0.05) is 12.1 Å². The lowest BCUT2D eigenvalue weighted by molar-refractivity contribution is 0.0653. The molecule has 0 aliphatic rings. The van der Waals surface area contributed by atoms with Crippen molar-refractivity contribution >= 4 is 5.78 Å². The number of ether oxygens (including phenoxy) is 1. The molecule has 5 nitrogen and oxygen atoms in total. The number of likely N-dealkylation sites (N-methyl/N-ethyl adjacent to an activating group) is 1. The number of nitrogens with zero attached hydrogens (tertiary/aromatic N) is 2. The van der Waals surface area contributed by atoms with E-state index in [-0.39, 0.29) is 18.4 Å². The summed E-state index contributed by atoms with van der Waals surface area (Å²) in [6.45, 7) is 4.26. The molecule has 1 N–H and O–H groups in total. The van der Waals surface area contributed by atoms with Crippen LogP contribution in [0, 0.1) is 0 Å². The topological polar surface area (TPSA) is 62.7 Å². The predicted octanol–water partition coefficient (Wildman–Crippen LogP) is 2.72. The number of hydrogen-bond acceptors (Lipinski definition) is 5. The number of carbonyl (C=O) groups excluding carboxylic acids is 1.